The van der Waals surface area contributed by atoms with E-state index in [2.05, 4.69) is 42.0 Å². The number of rotatable bonds is 4. The lowest BCUT2D eigenvalue weighted by Crippen LogP contribution is -1.89. The molecule has 0 radical (unpaired) electrons. The molecule has 0 bridgehead atoms. The highest BCUT2D eigenvalue weighted by molar-refractivity contribution is 5.97. The predicted molar refractivity (Wildman–Crippen MR) is 81.6 cm³/mol. The Hall–Kier alpha value is -2.23. The van der Waals surface area contributed by atoms with Crippen molar-refractivity contribution >= 4 is 16.9 Å². The van der Waals surface area contributed by atoms with Crippen molar-refractivity contribution in [3.8, 4) is 11.3 Å². The van der Waals surface area contributed by atoms with Crippen LogP contribution in [0.3, 0.4) is 0 Å². The van der Waals surface area contributed by atoms with Gasteiger partial charge in [0.25, 0.3) is 6.01 Å². The van der Waals surface area contributed by atoms with Gasteiger partial charge in [0.1, 0.15) is 12.0 Å². The number of benzene rings is 1. The Morgan fingerprint density at radius 3 is 2.90 bits per heavy atom. The monoisotopic (exact) mass is 269 g/mol. The number of oxazole rings is 1. The Kier molecular flexibility index (Phi) is 3.22. The van der Waals surface area contributed by atoms with E-state index in [1.165, 1.54) is 16.6 Å². The first-order valence-electron chi connectivity index (χ1n) is 7.01. The average molecular weight is 269 g/mol. The Morgan fingerprint density at radius 1 is 1.35 bits per heavy atom. The molecule has 2 heterocycles. The van der Waals surface area contributed by atoms with Crippen LogP contribution >= 0.6 is 0 Å². The molecule has 0 saturated carbocycles. The van der Waals surface area contributed by atoms with Gasteiger partial charge in [-0.25, -0.2) is 0 Å². The number of aromatic amines is 1. The second-order valence-electron chi connectivity index (χ2n) is 5.20. The predicted octanol–water partition coefficient (Wildman–Crippen LogP) is 4.06. The van der Waals surface area contributed by atoms with Gasteiger partial charge in [-0.15, -0.1) is 0 Å². The van der Waals surface area contributed by atoms with Gasteiger partial charge in [-0.3, -0.25) is 0 Å². The molecule has 0 saturated heterocycles. The molecule has 0 aliphatic heterocycles. The molecule has 0 amide bonds. The fourth-order valence-electron chi connectivity index (χ4n) is 2.60. The van der Waals surface area contributed by atoms with E-state index in [9.17, 15) is 0 Å². The van der Waals surface area contributed by atoms with Gasteiger partial charge in [0, 0.05) is 22.2 Å². The third-order valence-corrected chi connectivity index (χ3v) is 3.59. The number of H-pyrrole nitrogens is 1. The van der Waals surface area contributed by atoms with Gasteiger partial charge < -0.3 is 15.1 Å². The van der Waals surface area contributed by atoms with Crippen molar-refractivity contribution in [1.82, 2.24) is 9.97 Å². The first-order valence-corrected chi connectivity index (χ1v) is 7.01. The highest BCUT2D eigenvalue weighted by Crippen LogP contribution is 2.33. The number of hydrogen-bond donors (Lipinski definition) is 2. The van der Waals surface area contributed by atoms with Crippen LogP contribution in [0.25, 0.3) is 22.2 Å². The maximum atomic E-state index is 5.62. The van der Waals surface area contributed by atoms with Crippen molar-refractivity contribution in [1.29, 1.82) is 0 Å². The van der Waals surface area contributed by atoms with Crippen molar-refractivity contribution in [2.45, 2.75) is 33.1 Å². The van der Waals surface area contributed by atoms with Crippen LogP contribution in [0.1, 0.15) is 31.0 Å². The summed E-state index contributed by atoms with van der Waals surface area (Å²) in [6.07, 6.45) is 4.95. The summed E-state index contributed by atoms with van der Waals surface area (Å²) in [5, 5.41) is 1.18. The SMILES string of the molecule is CCCCc1[nH]c2ccc(C)cc2c1-c1coc(N)n1. The summed E-state index contributed by atoms with van der Waals surface area (Å²) in [5.41, 5.74) is 11.1. The lowest BCUT2D eigenvalue weighted by Gasteiger charge is -2.01. The number of nitrogens with one attached hydrogen (secondary N) is 1. The normalized spacial score (nSPS) is 11.3. The zero-order valence-electron chi connectivity index (χ0n) is 11.9. The van der Waals surface area contributed by atoms with E-state index in [-0.39, 0.29) is 6.01 Å². The second-order valence-corrected chi connectivity index (χ2v) is 5.20. The van der Waals surface area contributed by atoms with Gasteiger partial charge in [0.05, 0.1) is 0 Å². The minimum absolute atomic E-state index is 0.212. The summed E-state index contributed by atoms with van der Waals surface area (Å²) in [7, 11) is 0. The number of nitrogen functional groups attached to an aromatic ring is 1. The maximum absolute atomic E-state index is 5.62. The number of fused-ring (bicyclic) bond motifs is 1. The van der Waals surface area contributed by atoms with Gasteiger partial charge >= 0.3 is 0 Å². The molecule has 1 aromatic carbocycles. The molecule has 0 aliphatic carbocycles. The number of anilines is 1. The van der Waals surface area contributed by atoms with Crippen molar-refractivity contribution in [3.05, 3.63) is 35.7 Å². The molecule has 4 nitrogen and oxygen atoms in total. The summed E-state index contributed by atoms with van der Waals surface area (Å²) in [5.74, 6) is 0. The summed E-state index contributed by atoms with van der Waals surface area (Å²) < 4.78 is 5.18. The summed E-state index contributed by atoms with van der Waals surface area (Å²) >= 11 is 0. The van der Waals surface area contributed by atoms with Crippen molar-refractivity contribution in [2.24, 2.45) is 0 Å². The van der Waals surface area contributed by atoms with E-state index in [0.717, 1.165) is 36.0 Å². The van der Waals surface area contributed by atoms with E-state index in [1.807, 2.05) is 0 Å². The van der Waals surface area contributed by atoms with Crippen LogP contribution in [-0.2, 0) is 6.42 Å². The van der Waals surface area contributed by atoms with Gasteiger partial charge in [-0.05, 0) is 31.9 Å². The zero-order chi connectivity index (χ0) is 14.1. The van der Waals surface area contributed by atoms with E-state index >= 15 is 0 Å². The average Bonchev–Trinajstić information content (AvgIpc) is 2.99. The summed E-state index contributed by atoms with van der Waals surface area (Å²) in [6, 6.07) is 6.63. The lowest BCUT2D eigenvalue weighted by molar-refractivity contribution is 0.581. The third-order valence-electron chi connectivity index (χ3n) is 3.59. The van der Waals surface area contributed by atoms with E-state index in [1.54, 1.807) is 6.26 Å². The molecule has 3 rings (SSSR count). The number of aromatic nitrogens is 2. The van der Waals surface area contributed by atoms with E-state index in [4.69, 9.17) is 10.2 Å². The lowest BCUT2D eigenvalue weighted by atomic mass is 10.0. The molecule has 2 aromatic heterocycles. The Bertz CT molecular complexity index is 739. The molecule has 0 atom stereocenters. The molecule has 0 unspecified atom stereocenters. The molecule has 4 heteroatoms. The van der Waals surface area contributed by atoms with E-state index < -0.39 is 0 Å². The van der Waals surface area contributed by atoms with Crippen LogP contribution in [0.15, 0.2) is 28.9 Å². The standard InChI is InChI=1S/C16H19N3O/c1-3-4-5-13-15(14-9-20-16(17)19-14)11-8-10(2)6-7-12(11)18-13/h6-9,18H,3-5H2,1-2H3,(H2,17,19). The molecule has 3 N–H and O–H groups in total. The van der Waals surface area contributed by atoms with Crippen LogP contribution in [-0.4, -0.2) is 9.97 Å². The molecule has 20 heavy (non-hydrogen) atoms. The minimum atomic E-state index is 0.212. The zero-order valence-corrected chi connectivity index (χ0v) is 11.9. The fourth-order valence-corrected chi connectivity index (χ4v) is 2.60. The number of aryl methyl sites for hydroxylation is 2. The van der Waals surface area contributed by atoms with Gasteiger partial charge in [0.2, 0.25) is 0 Å². The molecular weight excluding hydrogens is 250 g/mol. The van der Waals surface area contributed by atoms with Gasteiger partial charge in [0.15, 0.2) is 0 Å². The molecule has 0 aliphatic rings. The highest BCUT2D eigenvalue weighted by Gasteiger charge is 2.16. The summed E-state index contributed by atoms with van der Waals surface area (Å²) in [6.45, 7) is 4.29. The highest BCUT2D eigenvalue weighted by atomic mass is 16.4. The minimum Gasteiger partial charge on any atom is -0.432 e. The second kappa shape index (κ2) is 5.04. The number of hydrogen-bond acceptors (Lipinski definition) is 3. The molecular formula is C16H19N3O. The van der Waals surface area contributed by atoms with Crippen LogP contribution in [0, 0.1) is 6.92 Å². The topological polar surface area (TPSA) is 67.8 Å². The first-order chi connectivity index (χ1) is 9.69. The van der Waals surface area contributed by atoms with Crippen LogP contribution < -0.4 is 5.73 Å². The quantitative estimate of drug-likeness (QED) is 0.750. The van der Waals surface area contributed by atoms with Crippen molar-refractivity contribution in [3.63, 3.8) is 0 Å². The Morgan fingerprint density at radius 2 is 2.20 bits per heavy atom. The number of nitrogens with zero attached hydrogens (tertiary/aromatic N) is 1. The Balaban J connectivity index is 2.21. The van der Waals surface area contributed by atoms with Crippen molar-refractivity contribution in [2.75, 3.05) is 5.73 Å². The largest absolute Gasteiger partial charge is 0.432 e. The molecule has 104 valence electrons. The van der Waals surface area contributed by atoms with Crippen LogP contribution in [0.5, 0.6) is 0 Å². The molecule has 3 aromatic rings. The van der Waals surface area contributed by atoms with E-state index in [0.29, 0.717) is 0 Å². The maximum Gasteiger partial charge on any atom is 0.292 e. The first kappa shape index (κ1) is 12.8. The Labute approximate surface area is 118 Å². The van der Waals surface area contributed by atoms with Gasteiger partial charge in [-0.1, -0.05) is 25.0 Å². The summed E-state index contributed by atoms with van der Waals surface area (Å²) in [4.78, 5) is 7.80. The van der Waals surface area contributed by atoms with Crippen LogP contribution in [0.4, 0.5) is 6.01 Å². The number of unbranched alkanes of at least 4 members (excludes halogenated alkanes) is 1. The number of nitrogens with two attached hydrogens (primary N) is 1. The van der Waals surface area contributed by atoms with Crippen molar-refractivity contribution < 1.29 is 4.42 Å². The molecule has 0 fully saturated rings. The third kappa shape index (κ3) is 2.18. The van der Waals surface area contributed by atoms with Crippen LogP contribution in [0.2, 0.25) is 0 Å². The molecule has 0 spiro atoms. The fraction of sp³-hybridized carbons (Fsp3) is 0.312. The van der Waals surface area contributed by atoms with Gasteiger partial charge in [-0.2, -0.15) is 4.98 Å². The smallest absolute Gasteiger partial charge is 0.292 e.